The van der Waals surface area contributed by atoms with Crippen molar-refractivity contribution in [3.05, 3.63) is 85.1 Å². The summed E-state index contributed by atoms with van der Waals surface area (Å²) in [7, 11) is 0. The first kappa shape index (κ1) is 59.6. The van der Waals surface area contributed by atoms with Gasteiger partial charge < -0.3 is 14.2 Å². The maximum absolute atomic E-state index is 12.8. The van der Waals surface area contributed by atoms with Crippen molar-refractivity contribution in [1.29, 1.82) is 0 Å². The minimum atomic E-state index is -0.807. The molecule has 0 radical (unpaired) electrons. The zero-order chi connectivity index (χ0) is 45.8. The molecule has 6 heteroatoms. The predicted molar refractivity (Wildman–Crippen MR) is 270 cm³/mol. The van der Waals surface area contributed by atoms with Crippen molar-refractivity contribution in [1.82, 2.24) is 0 Å². The molecule has 0 aliphatic rings. The summed E-state index contributed by atoms with van der Waals surface area (Å²) in [5, 5.41) is 0. The summed E-state index contributed by atoms with van der Waals surface area (Å²) in [5.74, 6) is -0.983. The van der Waals surface area contributed by atoms with Crippen LogP contribution in [0.2, 0.25) is 0 Å². The van der Waals surface area contributed by atoms with Gasteiger partial charge in [-0.05, 0) is 96.3 Å². The van der Waals surface area contributed by atoms with Crippen molar-refractivity contribution < 1.29 is 28.6 Å². The van der Waals surface area contributed by atoms with Crippen molar-refractivity contribution in [3.63, 3.8) is 0 Å². The van der Waals surface area contributed by atoms with Crippen LogP contribution in [0.4, 0.5) is 0 Å². The Kier molecular flexibility index (Phi) is 48.5. The molecule has 63 heavy (non-hydrogen) atoms. The molecule has 0 saturated heterocycles. The highest BCUT2D eigenvalue weighted by atomic mass is 16.6. The van der Waals surface area contributed by atoms with Crippen LogP contribution in [0.3, 0.4) is 0 Å². The summed E-state index contributed by atoms with van der Waals surface area (Å²) in [6.07, 6.45) is 65.7. The number of ether oxygens (including phenoxy) is 3. The van der Waals surface area contributed by atoms with Crippen molar-refractivity contribution in [2.24, 2.45) is 0 Å². The highest BCUT2D eigenvalue weighted by Gasteiger charge is 2.19. The molecular weight excluding hydrogens is 781 g/mol. The molecule has 0 amide bonds. The number of allylic oxidation sites excluding steroid dienone is 14. The van der Waals surface area contributed by atoms with Crippen LogP contribution in [0.25, 0.3) is 0 Å². The van der Waals surface area contributed by atoms with E-state index < -0.39 is 6.10 Å². The normalized spacial score (nSPS) is 12.7. The molecule has 0 saturated carbocycles. The van der Waals surface area contributed by atoms with Gasteiger partial charge in [0.1, 0.15) is 13.2 Å². The van der Waals surface area contributed by atoms with E-state index in [1.54, 1.807) is 0 Å². The molecule has 0 aromatic heterocycles. The van der Waals surface area contributed by atoms with Crippen molar-refractivity contribution in [2.75, 3.05) is 13.2 Å². The van der Waals surface area contributed by atoms with Gasteiger partial charge in [0, 0.05) is 19.3 Å². The zero-order valence-corrected chi connectivity index (χ0v) is 41.1. The van der Waals surface area contributed by atoms with Crippen LogP contribution in [0.5, 0.6) is 0 Å². The quantitative estimate of drug-likeness (QED) is 0.0262. The van der Waals surface area contributed by atoms with Gasteiger partial charge in [-0.2, -0.15) is 0 Å². The second-order valence-corrected chi connectivity index (χ2v) is 17.1. The molecule has 0 aromatic rings. The highest BCUT2D eigenvalue weighted by molar-refractivity contribution is 5.71. The number of hydrogen-bond donors (Lipinski definition) is 0. The Morgan fingerprint density at radius 3 is 1.00 bits per heavy atom. The maximum Gasteiger partial charge on any atom is 0.306 e. The second kappa shape index (κ2) is 51.2. The van der Waals surface area contributed by atoms with E-state index in [0.717, 1.165) is 96.3 Å². The van der Waals surface area contributed by atoms with E-state index in [2.05, 4.69) is 106 Å². The molecule has 0 aliphatic carbocycles. The van der Waals surface area contributed by atoms with E-state index in [1.165, 1.54) is 103 Å². The molecule has 0 aromatic carbocycles. The highest BCUT2D eigenvalue weighted by Crippen LogP contribution is 2.15. The Labute approximate surface area is 388 Å². The Hall–Kier alpha value is -3.41. The Morgan fingerprint density at radius 1 is 0.333 bits per heavy atom. The van der Waals surface area contributed by atoms with Gasteiger partial charge in [-0.25, -0.2) is 0 Å². The lowest BCUT2D eigenvalue weighted by Crippen LogP contribution is -2.30. The summed E-state index contributed by atoms with van der Waals surface area (Å²) in [6.45, 7) is 6.43. The second-order valence-electron chi connectivity index (χ2n) is 17.1. The fourth-order valence-corrected chi connectivity index (χ4v) is 6.97. The Morgan fingerprint density at radius 2 is 0.619 bits per heavy atom. The topological polar surface area (TPSA) is 78.9 Å². The summed E-state index contributed by atoms with van der Waals surface area (Å²) in [5.41, 5.74) is 0. The monoisotopic (exact) mass is 877 g/mol. The van der Waals surface area contributed by atoms with Gasteiger partial charge >= 0.3 is 17.9 Å². The number of esters is 3. The fraction of sp³-hybridized carbons (Fsp3) is 0.702. The third kappa shape index (κ3) is 49.5. The van der Waals surface area contributed by atoms with Crippen molar-refractivity contribution >= 4 is 17.9 Å². The summed E-state index contributed by atoms with van der Waals surface area (Å²) in [4.78, 5) is 38.0. The standard InChI is InChI=1S/C57H96O6/c1-4-7-10-13-16-19-22-25-28-31-34-37-40-43-46-49-55(58)61-52-54(63-57(60)51-48-45-42-39-36-33-30-27-24-21-18-15-12-9-6-3)53-62-56(59)50-47-44-41-38-35-32-29-26-23-20-17-14-11-8-5-2/h7,10,16-17,19-20,25-26,28-29,34-35,37-38,54H,4-6,8-9,11-15,18,21-24,27,30-33,36,39-53H2,1-3H3/b10-7-,19-16-,20-17-,28-25-,29-26-,37-34-,38-35-/t54-/m1/s1. The average molecular weight is 877 g/mol. The van der Waals surface area contributed by atoms with Gasteiger partial charge in [0.25, 0.3) is 0 Å². The van der Waals surface area contributed by atoms with E-state index in [9.17, 15) is 14.4 Å². The molecule has 0 N–H and O–H groups in total. The molecule has 360 valence electrons. The first-order chi connectivity index (χ1) is 31.0. The Balaban J connectivity index is 4.50. The molecule has 0 aliphatic heterocycles. The fourth-order valence-electron chi connectivity index (χ4n) is 6.97. The molecule has 6 nitrogen and oxygen atoms in total. The maximum atomic E-state index is 12.8. The van der Waals surface area contributed by atoms with Crippen LogP contribution in [0, 0.1) is 0 Å². The average Bonchev–Trinajstić information content (AvgIpc) is 3.28. The lowest BCUT2D eigenvalue weighted by molar-refractivity contribution is -0.167. The number of hydrogen-bond acceptors (Lipinski definition) is 6. The van der Waals surface area contributed by atoms with Crippen LogP contribution >= 0.6 is 0 Å². The molecule has 1 atom stereocenters. The van der Waals surface area contributed by atoms with Crippen LogP contribution in [0.1, 0.15) is 239 Å². The van der Waals surface area contributed by atoms with Gasteiger partial charge in [-0.15, -0.1) is 0 Å². The predicted octanol–water partition coefficient (Wildman–Crippen LogP) is 17.2. The number of carbonyl (C=O) groups is 3. The summed E-state index contributed by atoms with van der Waals surface area (Å²) in [6, 6.07) is 0. The van der Waals surface area contributed by atoms with Crippen molar-refractivity contribution in [2.45, 2.75) is 245 Å². The number of carbonyl (C=O) groups excluding carboxylic acids is 3. The van der Waals surface area contributed by atoms with E-state index in [1.807, 2.05) is 0 Å². The SMILES string of the molecule is CC/C=C\C/C=C\C/C=C\C/C=C\CCCCC(=O)OC[C@H](COC(=O)CCCC/C=C\C/C=C\C/C=C\CCCCC)OC(=O)CCCCCCCCCCCCCCCCC. The smallest absolute Gasteiger partial charge is 0.306 e. The van der Waals surface area contributed by atoms with Crippen LogP contribution in [-0.2, 0) is 28.6 Å². The van der Waals surface area contributed by atoms with E-state index in [4.69, 9.17) is 14.2 Å². The van der Waals surface area contributed by atoms with Crippen molar-refractivity contribution in [3.8, 4) is 0 Å². The van der Waals surface area contributed by atoms with Gasteiger partial charge in [-0.1, -0.05) is 209 Å². The molecule has 0 heterocycles. The summed E-state index contributed by atoms with van der Waals surface area (Å²) < 4.78 is 16.7. The van der Waals surface area contributed by atoms with Gasteiger partial charge in [0.2, 0.25) is 0 Å². The lowest BCUT2D eigenvalue weighted by atomic mass is 10.0. The van der Waals surface area contributed by atoms with E-state index in [-0.39, 0.29) is 31.1 Å². The van der Waals surface area contributed by atoms with Crippen LogP contribution in [-0.4, -0.2) is 37.2 Å². The minimum Gasteiger partial charge on any atom is -0.462 e. The minimum absolute atomic E-state index is 0.108. The summed E-state index contributed by atoms with van der Waals surface area (Å²) >= 11 is 0. The third-order valence-corrected chi connectivity index (χ3v) is 10.9. The van der Waals surface area contributed by atoms with Crippen LogP contribution in [0.15, 0.2) is 85.1 Å². The van der Waals surface area contributed by atoms with E-state index >= 15 is 0 Å². The zero-order valence-electron chi connectivity index (χ0n) is 41.1. The molecule has 0 rings (SSSR count). The molecule has 0 bridgehead atoms. The van der Waals surface area contributed by atoms with E-state index in [0.29, 0.717) is 19.3 Å². The molecule has 0 fully saturated rings. The number of unbranched alkanes of at least 4 members (excludes halogenated alkanes) is 21. The van der Waals surface area contributed by atoms with Crippen LogP contribution < -0.4 is 0 Å². The largest absolute Gasteiger partial charge is 0.462 e. The first-order valence-electron chi connectivity index (χ1n) is 26.1. The molecule has 0 unspecified atom stereocenters. The number of rotatable bonds is 46. The Bertz CT molecular complexity index is 1240. The van der Waals surface area contributed by atoms with Gasteiger partial charge in [0.15, 0.2) is 6.10 Å². The third-order valence-electron chi connectivity index (χ3n) is 10.9. The van der Waals surface area contributed by atoms with Gasteiger partial charge in [0.05, 0.1) is 0 Å². The molecule has 0 spiro atoms. The molecular formula is C57H96O6. The van der Waals surface area contributed by atoms with Gasteiger partial charge in [-0.3, -0.25) is 14.4 Å². The lowest BCUT2D eigenvalue weighted by Gasteiger charge is -2.18. The first-order valence-corrected chi connectivity index (χ1v) is 26.1.